The molecule has 1 N–H and O–H groups in total. The summed E-state index contributed by atoms with van der Waals surface area (Å²) in [7, 11) is 0. The van der Waals surface area contributed by atoms with Crippen LogP contribution in [0.4, 0.5) is 4.79 Å². The summed E-state index contributed by atoms with van der Waals surface area (Å²) >= 11 is 0. The van der Waals surface area contributed by atoms with Gasteiger partial charge in [0.05, 0.1) is 0 Å². The lowest BCUT2D eigenvalue weighted by Gasteiger charge is -2.22. The average Bonchev–Trinajstić information content (AvgIpc) is 2.90. The average molecular weight is 289 g/mol. The number of aromatic nitrogens is 2. The second-order valence-electron chi connectivity index (χ2n) is 5.67. The smallest absolute Gasteiger partial charge is 0.408 e. The lowest BCUT2D eigenvalue weighted by molar-refractivity contribution is 0.0493. The second-order valence-corrected chi connectivity index (χ2v) is 5.67. The Labute approximate surface area is 123 Å². The van der Waals surface area contributed by atoms with Crippen molar-refractivity contribution in [1.82, 2.24) is 15.5 Å². The van der Waals surface area contributed by atoms with Crippen LogP contribution in [-0.2, 0) is 11.2 Å². The highest BCUT2D eigenvalue weighted by Crippen LogP contribution is 2.17. The fraction of sp³-hybridized carbons (Fsp3) is 0.400. The largest absolute Gasteiger partial charge is 0.444 e. The molecule has 1 aromatic carbocycles. The third-order valence-corrected chi connectivity index (χ3v) is 2.65. The van der Waals surface area contributed by atoms with Gasteiger partial charge in [-0.1, -0.05) is 35.5 Å². The molecule has 6 nitrogen and oxygen atoms in total. The molecule has 0 aliphatic carbocycles. The molecule has 0 saturated heterocycles. The molecule has 0 unspecified atom stereocenters. The Hall–Kier alpha value is -2.37. The first-order valence-corrected chi connectivity index (χ1v) is 6.74. The number of ether oxygens (including phenoxy) is 1. The van der Waals surface area contributed by atoms with Crippen LogP contribution in [0.2, 0.25) is 0 Å². The van der Waals surface area contributed by atoms with Crippen LogP contribution < -0.4 is 5.32 Å². The third-order valence-electron chi connectivity index (χ3n) is 2.65. The molecule has 2 rings (SSSR count). The van der Waals surface area contributed by atoms with Gasteiger partial charge in [-0.3, -0.25) is 0 Å². The lowest BCUT2D eigenvalue weighted by atomic mass is 10.1. The Morgan fingerprint density at radius 1 is 1.33 bits per heavy atom. The first-order valence-electron chi connectivity index (χ1n) is 6.74. The summed E-state index contributed by atoms with van der Waals surface area (Å²) in [5.74, 6) is 0.352. The van der Waals surface area contributed by atoms with Crippen LogP contribution in [0.3, 0.4) is 0 Å². The molecular formula is C15H19N3O3. The van der Waals surface area contributed by atoms with Gasteiger partial charge in [-0.2, -0.15) is 4.98 Å². The van der Waals surface area contributed by atoms with Crippen LogP contribution in [0.1, 0.15) is 38.3 Å². The number of nitrogens with one attached hydrogen (secondary N) is 1. The summed E-state index contributed by atoms with van der Waals surface area (Å²) in [5.41, 5.74) is 0.493. The molecule has 0 spiro atoms. The Bertz CT molecular complexity index is 562. The zero-order chi connectivity index (χ0) is 15.3. The van der Waals surface area contributed by atoms with Crippen LogP contribution >= 0.6 is 0 Å². The fourth-order valence-corrected chi connectivity index (χ4v) is 1.83. The van der Waals surface area contributed by atoms with Crippen molar-refractivity contribution in [2.75, 3.05) is 0 Å². The number of hydrogen-bond acceptors (Lipinski definition) is 5. The van der Waals surface area contributed by atoms with Gasteiger partial charge in [0.15, 0.2) is 6.33 Å². The molecule has 0 aliphatic heterocycles. The number of alkyl carbamates (subject to hydrolysis) is 1. The van der Waals surface area contributed by atoms with Gasteiger partial charge in [-0.05, 0) is 26.3 Å². The zero-order valence-electron chi connectivity index (χ0n) is 12.4. The van der Waals surface area contributed by atoms with Crippen LogP contribution in [0, 0.1) is 0 Å². The van der Waals surface area contributed by atoms with Gasteiger partial charge in [0.25, 0.3) is 0 Å². The van der Waals surface area contributed by atoms with Crippen molar-refractivity contribution >= 4 is 6.09 Å². The van der Waals surface area contributed by atoms with E-state index in [1.807, 2.05) is 51.1 Å². The lowest BCUT2D eigenvalue weighted by Crippen LogP contribution is -2.35. The highest BCUT2D eigenvalue weighted by Gasteiger charge is 2.23. The summed E-state index contributed by atoms with van der Waals surface area (Å²) in [6.45, 7) is 5.43. The molecule has 0 saturated carbocycles. The maximum Gasteiger partial charge on any atom is 0.408 e. The quantitative estimate of drug-likeness (QED) is 0.936. The van der Waals surface area contributed by atoms with Gasteiger partial charge in [0.2, 0.25) is 5.89 Å². The minimum Gasteiger partial charge on any atom is -0.444 e. The predicted molar refractivity (Wildman–Crippen MR) is 76.6 cm³/mol. The standard InChI is InChI=1S/C15H19N3O3/c1-15(2,3)20-14(19)18-12(13-16-10-17-21-13)9-11-7-5-4-6-8-11/h4-8,10,12H,9H2,1-3H3,(H,18,19)/t12-/m0/s1. The number of amides is 1. The molecule has 0 bridgehead atoms. The molecule has 1 amide bonds. The van der Waals surface area contributed by atoms with E-state index < -0.39 is 17.7 Å². The normalized spacial score (nSPS) is 12.7. The molecule has 0 radical (unpaired) electrons. The molecule has 6 heteroatoms. The highest BCUT2D eigenvalue weighted by atomic mass is 16.6. The van der Waals surface area contributed by atoms with Crippen molar-refractivity contribution in [2.45, 2.75) is 38.8 Å². The Balaban J connectivity index is 2.08. The Morgan fingerprint density at radius 3 is 2.62 bits per heavy atom. The zero-order valence-corrected chi connectivity index (χ0v) is 12.4. The van der Waals surface area contributed by atoms with E-state index in [2.05, 4.69) is 15.5 Å². The van der Waals surface area contributed by atoms with Crippen LogP contribution in [0.25, 0.3) is 0 Å². The summed E-state index contributed by atoms with van der Waals surface area (Å²) in [6, 6.07) is 9.33. The SMILES string of the molecule is CC(C)(C)OC(=O)N[C@@H](Cc1ccccc1)c1ncno1. The van der Waals surface area contributed by atoms with Crippen molar-refractivity contribution in [3.63, 3.8) is 0 Å². The topological polar surface area (TPSA) is 77.2 Å². The summed E-state index contributed by atoms with van der Waals surface area (Å²) in [4.78, 5) is 15.9. The summed E-state index contributed by atoms with van der Waals surface area (Å²) < 4.78 is 10.3. The van der Waals surface area contributed by atoms with Gasteiger partial charge >= 0.3 is 6.09 Å². The molecule has 112 valence electrons. The van der Waals surface area contributed by atoms with E-state index in [4.69, 9.17) is 9.26 Å². The number of carbonyl (C=O) groups is 1. The highest BCUT2D eigenvalue weighted by molar-refractivity contribution is 5.68. The second kappa shape index (κ2) is 6.39. The maximum atomic E-state index is 11.9. The van der Waals surface area contributed by atoms with Crippen LogP contribution in [0.15, 0.2) is 41.2 Å². The van der Waals surface area contributed by atoms with E-state index in [1.54, 1.807) is 0 Å². The van der Waals surface area contributed by atoms with E-state index in [0.717, 1.165) is 5.56 Å². The number of carbonyl (C=O) groups excluding carboxylic acids is 1. The molecular weight excluding hydrogens is 270 g/mol. The van der Waals surface area contributed by atoms with Gasteiger partial charge in [-0.25, -0.2) is 4.79 Å². The third kappa shape index (κ3) is 4.91. The van der Waals surface area contributed by atoms with Gasteiger partial charge in [0.1, 0.15) is 11.6 Å². The van der Waals surface area contributed by atoms with Gasteiger partial charge in [0, 0.05) is 6.42 Å². The first kappa shape index (κ1) is 15.0. The minimum atomic E-state index is -0.559. The molecule has 0 aliphatic rings. The van der Waals surface area contributed by atoms with Crippen molar-refractivity contribution in [3.8, 4) is 0 Å². The van der Waals surface area contributed by atoms with E-state index >= 15 is 0 Å². The van der Waals surface area contributed by atoms with E-state index in [0.29, 0.717) is 12.3 Å². The monoisotopic (exact) mass is 289 g/mol. The molecule has 1 atom stereocenters. The van der Waals surface area contributed by atoms with Crippen molar-refractivity contribution in [1.29, 1.82) is 0 Å². The van der Waals surface area contributed by atoms with E-state index in [9.17, 15) is 4.79 Å². The first-order chi connectivity index (χ1) is 9.94. The number of hydrogen-bond donors (Lipinski definition) is 1. The number of nitrogens with zero attached hydrogens (tertiary/aromatic N) is 2. The molecule has 1 aromatic heterocycles. The van der Waals surface area contributed by atoms with Crippen LogP contribution in [0.5, 0.6) is 0 Å². The van der Waals surface area contributed by atoms with Crippen LogP contribution in [-0.4, -0.2) is 21.8 Å². The summed E-state index contributed by atoms with van der Waals surface area (Å²) in [5, 5.41) is 6.36. The number of benzene rings is 1. The predicted octanol–water partition coefficient (Wildman–Crippen LogP) is 2.88. The Morgan fingerprint density at radius 2 is 2.05 bits per heavy atom. The minimum absolute atomic E-state index is 0.352. The van der Waals surface area contributed by atoms with E-state index in [1.165, 1.54) is 6.33 Å². The van der Waals surface area contributed by atoms with E-state index in [-0.39, 0.29) is 0 Å². The molecule has 1 heterocycles. The Kier molecular flexibility index (Phi) is 4.57. The summed E-state index contributed by atoms with van der Waals surface area (Å²) in [6.07, 6.45) is 1.34. The molecule has 2 aromatic rings. The number of rotatable bonds is 4. The molecule has 0 fully saturated rings. The van der Waals surface area contributed by atoms with Gasteiger partial charge < -0.3 is 14.6 Å². The molecule has 21 heavy (non-hydrogen) atoms. The van der Waals surface area contributed by atoms with Crippen molar-refractivity contribution < 1.29 is 14.1 Å². The maximum absolute atomic E-state index is 11.9. The van der Waals surface area contributed by atoms with Crippen molar-refractivity contribution in [2.24, 2.45) is 0 Å². The fourth-order valence-electron chi connectivity index (χ4n) is 1.83. The van der Waals surface area contributed by atoms with Gasteiger partial charge in [-0.15, -0.1) is 0 Å². The van der Waals surface area contributed by atoms with Crippen molar-refractivity contribution in [3.05, 3.63) is 48.1 Å².